The summed E-state index contributed by atoms with van der Waals surface area (Å²) in [4.78, 5) is 0. The first-order valence-corrected chi connectivity index (χ1v) is 4.97. The predicted molar refractivity (Wildman–Crippen MR) is 51.1 cm³/mol. The van der Waals surface area contributed by atoms with Crippen molar-refractivity contribution in [2.24, 2.45) is 0 Å². The second-order valence-electron chi connectivity index (χ2n) is 3.85. The molecule has 0 aliphatic heterocycles. The molecule has 0 N–H and O–H groups in total. The minimum Gasteiger partial charge on any atom is -1.00 e. The van der Waals surface area contributed by atoms with Crippen molar-refractivity contribution in [2.75, 3.05) is 0 Å². The van der Waals surface area contributed by atoms with Gasteiger partial charge < -0.3 is 22.1 Å². The van der Waals surface area contributed by atoms with Crippen LogP contribution < -0.4 is 22.1 Å². The molecule has 0 atom stereocenters. The van der Waals surface area contributed by atoms with Crippen molar-refractivity contribution in [3.8, 4) is 0 Å². The Labute approximate surface area is 109 Å². The third kappa shape index (κ3) is 6.31. The molecular formula is C10H19BrMgO. The second kappa shape index (κ2) is 8.51. The number of unbranched alkanes of at least 4 members (excludes halogenated alkanes) is 2. The van der Waals surface area contributed by atoms with E-state index < -0.39 is 5.60 Å². The maximum Gasteiger partial charge on any atom is 2.00 e. The maximum absolute atomic E-state index is 11.8. The van der Waals surface area contributed by atoms with Gasteiger partial charge >= 0.3 is 23.1 Å². The molecule has 3 heteroatoms. The van der Waals surface area contributed by atoms with Crippen LogP contribution in [0.15, 0.2) is 0 Å². The molecular weight excluding hydrogens is 240 g/mol. The third-order valence-electron chi connectivity index (χ3n) is 2.75. The van der Waals surface area contributed by atoms with E-state index in [0.29, 0.717) is 0 Å². The van der Waals surface area contributed by atoms with E-state index in [4.69, 9.17) is 0 Å². The topological polar surface area (TPSA) is 23.1 Å². The summed E-state index contributed by atoms with van der Waals surface area (Å²) in [5.41, 5.74) is -0.505. The van der Waals surface area contributed by atoms with Gasteiger partial charge in [-0.25, -0.2) is 0 Å². The van der Waals surface area contributed by atoms with Crippen LogP contribution in [0.3, 0.4) is 0 Å². The average molecular weight is 259 g/mol. The zero-order chi connectivity index (χ0) is 8.16. The van der Waals surface area contributed by atoms with Crippen LogP contribution in [0, 0.1) is 0 Å². The summed E-state index contributed by atoms with van der Waals surface area (Å²) in [6.45, 7) is 2.19. The van der Waals surface area contributed by atoms with Crippen molar-refractivity contribution in [1.29, 1.82) is 0 Å². The van der Waals surface area contributed by atoms with E-state index in [2.05, 4.69) is 6.92 Å². The van der Waals surface area contributed by atoms with Gasteiger partial charge in [0.2, 0.25) is 0 Å². The summed E-state index contributed by atoms with van der Waals surface area (Å²) >= 11 is 0. The molecule has 13 heavy (non-hydrogen) atoms. The molecule has 1 fully saturated rings. The van der Waals surface area contributed by atoms with E-state index in [1.54, 1.807) is 0 Å². The Kier molecular flexibility index (Phi) is 10.9. The quantitative estimate of drug-likeness (QED) is 0.462. The number of hydrogen-bond acceptors (Lipinski definition) is 1. The Morgan fingerprint density at radius 2 is 1.69 bits per heavy atom. The molecule has 1 aliphatic carbocycles. The van der Waals surface area contributed by atoms with Gasteiger partial charge in [0.1, 0.15) is 0 Å². The fraction of sp³-hybridized carbons (Fsp3) is 1.00. The van der Waals surface area contributed by atoms with E-state index in [1.165, 1.54) is 25.7 Å². The summed E-state index contributed by atoms with van der Waals surface area (Å²) < 4.78 is 0. The van der Waals surface area contributed by atoms with Gasteiger partial charge in [0, 0.05) is 0 Å². The van der Waals surface area contributed by atoms with E-state index in [0.717, 1.165) is 25.7 Å². The molecule has 74 valence electrons. The first kappa shape index (κ1) is 16.6. The predicted octanol–water partition coefficient (Wildman–Crippen LogP) is -1.14. The van der Waals surface area contributed by atoms with Crippen LogP contribution >= 0.6 is 0 Å². The first-order valence-electron chi connectivity index (χ1n) is 4.97. The van der Waals surface area contributed by atoms with Crippen LogP contribution in [-0.4, -0.2) is 28.7 Å². The van der Waals surface area contributed by atoms with E-state index >= 15 is 0 Å². The van der Waals surface area contributed by atoms with Gasteiger partial charge in [0.05, 0.1) is 0 Å². The van der Waals surface area contributed by atoms with Crippen LogP contribution in [-0.2, 0) is 0 Å². The van der Waals surface area contributed by atoms with Crippen molar-refractivity contribution in [3.63, 3.8) is 0 Å². The van der Waals surface area contributed by atoms with Gasteiger partial charge in [-0.2, -0.15) is 0 Å². The molecule has 1 saturated carbocycles. The maximum atomic E-state index is 11.8. The third-order valence-corrected chi connectivity index (χ3v) is 2.75. The van der Waals surface area contributed by atoms with Gasteiger partial charge in [-0.15, -0.1) is 5.60 Å². The summed E-state index contributed by atoms with van der Waals surface area (Å²) in [6.07, 6.45) is 8.79. The summed E-state index contributed by atoms with van der Waals surface area (Å²) in [5, 5.41) is 11.8. The van der Waals surface area contributed by atoms with Crippen molar-refractivity contribution in [1.82, 2.24) is 0 Å². The largest absolute Gasteiger partial charge is 2.00 e. The zero-order valence-electron chi connectivity index (χ0n) is 8.65. The van der Waals surface area contributed by atoms with E-state index in [-0.39, 0.29) is 40.0 Å². The summed E-state index contributed by atoms with van der Waals surface area (Å²) in [7, 11) is 0. The molecule has 1 aliphatic rings. The zero-order valence-corrected chi connectivity index (χ0v) is 11.7. The van der Waals surface area contributed by atoms with Gasteiger partial charge in [0.25, 0.3) is 0 Å². The minimum atomic E-state index is -0.505. The van der Waals surface area contributed by atoms with Gasteiger partial charge in [-0.1, -0.05) is 58.3 Å². The van der Waals surface area contributed by atoms with Crippen LogP contribution in [0.4, 0.5) is 0 Å². The van der Waals surface area contributed by atoms with Crippen LogP contribution in [0.5, 0.6) is 0 Å². The van der Waals surface area contributed by atoms with Crippen molar-refractivity contribution in [2.45, 2.75) is 63.9 Å². The molecule has 1 nitrogen and oxygen atoms in total. The second-order valence-corrected chi connectivity index (χ2v) is 3.85. The number of halogens is 1. The molecule has 0 bridgehead atoms. The fourth-order valence-electron chi connectivity index (χ4n) is 1.97. The summed E-state index contributed by atoms with van der Waals surface area (Å²) in [6, 6.07) is 0. The standard InChI is InChI=1S/C10H19O.BrH.Mg/c1-2-3-4-7-10(11)8-5-6-9-10;;/h2-9H2,1H3;1H;/q-1;;+2/p-1. The molecule has 0 aromatic rings. The van der Waals surface area contributed by atoms with Crippen molar-refractivity contribution < 1.29 is 22.1 Å². The molecule has 0 unspecified atom stereocenters. The average Bonchev–Trinajstić information content (AvgIpc) is 2.38. The monoisotopic (exact) mass is 258 g/mol. The normalized spacial score (nSPS) is 18.9. The molecule has 0 aromatic heterocycles. The number of rotatable bonds is 4. The molecule has 0 aromatic carbocycles. The van der Waals surface area contributed by atoms with Crippen LogP contribution in [0.25, 0.3) is 0 Å². The Bertz CT molecular complexity index is 113. The molecule has 0 heterocycles. The fourth-order valence-corrected chi connectivity index (χ4v) is 1.97. The van der Waals surface area contributed by atoms with Crippen LogP contribution in [0.1, 0.15) is 58.3 Å². The van der Waals surface area contributed by atoms with Gasteiger partial charge in [-0.3, -0.25) is 0 Å². The summed E-state index contributed by atoms with van der Waals surface area (Å²) in [5.74, 6) is 0. The minimum absolute atomic E-state index is 0. The van der Waals surface area contributed by atoms with Crippen molar-refractivity contribution >= 4 is 23.1 Å². The SMILES string of the molecule is CCCCCC1([O-])CCCC1.[Br-].[Mg+2]. The Balaban J connectivity index is 0. The molecule has 0 radical (unpaired) electrons. The first-order chi connectivity index (χ1) is 5.27. The molecule has 0 spiro atoms. The Hall–Kier alpha value is 1.21. The smallest absolute Gasteiger partial charge is 1.00 e. The van der Waals surface area contributed by atoms with Gasteiger partial charge in [0.15, 0.2) is 0 Å². The molecule has 1 rings (SSSR count). The number of hydrogen-bond donors (Lipinski definition) is 0. The Morgan fingerprint density at radius 1 is 1.15 bits per heavy atom. The molecule has 0 saturated heterocycles. The van der Waals surface area contributed by atoms with Crippen molar-refractivity contribution in [3.05, 3.63) is 0 Å². The van der Waals surface area contributed by atoms with E-state index in [1.807, 2.05) is 0 Å². The molecule has 0 amide bonds. The Morgan fingerprint density at radius 3 is 2.15 bits per heavy atom. The van der Waals surface area contributed by atoms with Crippen LogP contribution in [0.2, 0.25) is 0 Å². The van der Waals surface area contributed by atoms with Gasteiger partial charge in [-0.05, 0) is 0 Å². The van der Waals surface area contributed by atoms with E-state index in [9.17, 15) is 5.11 Å².